The smallest absolute Gasteiger partial charge is 0.139 e. The number of fused-ring (bicyclic) bond motifs is 1. The van der Waals surface area contributed by atoms with E-state index in [1.54, 1.807) is 12.1 Å². The van der Waals surface area contributed by atoms with Crippen molar-refractivity contribution in [3.8, 4) is 0 Å². The van der Waals surface area contributed by atoms with Crippen molar-refractivity contribution in [2.75, 3.05) is 5.32 Å². The lowest BCUT2D eigenvalue weighted by molar-refractivity contribution is 0.534. The first-order valence-corrected chi connectivity index (χ1v) is 7.75. The third kappa shape index (κ3) is 2.59. The summed E-state index contributed by atoms with van der Waals surface area (Å²) >= 11 is 3.19. The van der Waals surface area contributed by atoms with Gasteiger partial charge < -0.3 is 5.32 Å². The zero-order valence-electron chi connectivity index (χ0n) is 11.4. The topological polar surface area (TPSA) is 12.0 Å². The summed E-state index contributed by atoms with van der Waals surface area (Å²) in [4.78, 5) is 0. The highest BCUT2D eigenvalue weighted by atomic mass is 79.9. The average molecular weight is 334 g/mol. The molecule has 3 rings (SSSR count). The molecule has 1 aliphatic rings. The molecular formula is C17H17BrFN. The van der Waals surface area contributed by atoms with Crippen molar-refractivity contribution < 1.29 is 4.39 Å². The first-order chi connectivity index (χ1) is 9.65. The van der Waals surface area contributed by atoms with Crippen LogP contribution >= 0.6 is 15.9 Å². The second-order valence-electron chi connectivity index (χ2n) is 5.43. The van der Waals surface area contributed by atoms with Gasteiger partial charge in [0.25, 0.3) is 0 Å². The van der Waals surface area contributed by atoms with E-state index in [9.17, 15) is 4.39 Å². The average Bonchev–Trinajstić information content (AvgIpc) is 2.46. The third-order valence-electron chi connectivity index (χ3n) is 4.05. The first kappa shape index (κ1) is 13.6. The molecule has 104 valence electrons. The lowest BCUT2D eigenvalue weighted by Crippen LogP contribution is -2.19. The summed E-state index contributed by atoms with van der Waals surface area (Å²) in [7, 11) is 0. The van der Waals surface area contributed by atoms with E-state index < -0.39 is 0 Å². The number of hydrogen-bond acceptors (Lipinski definition) is 1. The normalized spacial score (nSPS) is 21.4. The maximum absolute atomic E-state index is 13.6. The lowest BCUT2D eigenvalue weighted by Gasteiger charge is -2.31. The van der Waals surface area contributed by atoms with Gasteiger partial charge in [0.2, 0.25) is 0 Å². The van der Waals surface area contributed by atoms with Crippen molar-refractivity contribution in [3.63, 3.8) is 0 Å². The van der Waals surface area contributed by atoms with Crippen LogP contribution in [0.3, 0.4) is 0 Å². The molecule has 3 heteroatoms. The largest absolute Gasteiger partial charge is 0.378 e. The van der Waals surface area contributed by atoms with Crippen molar-refractivity contribution in [3.05, 3.63) is 63.9 Å². The fourth-order valence-electron chi connectivity index (χ4n) is 2.94. The highest BCUT2D eigenvalue weighted by Gasteiger charge is 2.24. The molecule has 0 heterocycles. The van der Waals surface area contributed by atoms with E-state index in [1.165, 1.54) is 11.1 Å². The Kier molecular flexibility index (Phi) is 3.79. The van der Waals surface area contributed by atoms with E-state index in [1.807, 2.05) is 6.07 Å². The van der Waals surface area contributed by atoms with Gasteiger partial charge in [-0.05, 0) is 64.0 Å². The minimum Gasteiger partial charge on any atom is -0.378 e. The Hall–Kier alpha value is -1.35. The molecule has 2 unspecified atom stereocenters. The Labute approximate surface area is 127 Å². The zero-order valence-corrected chi connectivity index (χ0v) is 13.0. The van der Waals surface area contributed by atoms with Gasteiger partial charge >= 0.3 is 0 Å². The molecule has 0 spiro atoms. The van der Waals surface area contributed by atoms with E-state index >= 15 is 0 Å². The van der Waals surface area contributed by atoms with Crippen LogP contribution in [0.25, 0.3) is 0 Å². The van der Waals surface area contributed by atoms with Gasteiger partial charge in [-0.1, -0.05) is 31.2 Å². The van der Waals surface area contributed by atoms with Gasteiger partial charge in [0.1, 0.15) is 5.82 Å². The van der Waals surface area contributed by atoms with E-state index in [4.69, 9.17) is 0 Å². The Bertz CT molecular complexity index is 626. The molecule has 1 aliphatic carbocycles. The van der Waals surface area contributed by atoms with Crippen molar-refractivity contribution in [1.82, 2.24) is 0 Å². The molecule has 1 nitrogen and oxygen atoms in total. The molecule has 0 aromatic heterocycles. The predicted molar refractivity (Wildman–Crippen MR) is 84.6 cm³/mol. The fraction of sp³-hybridized carbons (Fsp3) is 0.294. The van der Waals surface area contributed by atoms with Crippen molar-refractivity contribution in [2.45, 2.75) is 31.7 Å². The fourth-order valence-corrected chi connectivity index (χ4v) is 3.19. The summed E-state index contributed by atoms with van der Waals surface area (Å²) in [6.07, 6.45) is 2.24. The number of benzene rings is 2. The molecule has 1 N–H and O–H groups in total. The standard InChI is InChI=1S/C17H17BrFN/c1-11-6-9-17(14-5-3-2-4-13(11)14)20-12-7-8-15(18)16(19)10-12/h2-5,7-8,10-11,17,20H,6,9H2,1H3. The summed E-state index contributed by atoms with van der Waals surface area (Å²) in [5.41, 5.74) is 3.59. The molecule has 2 aromatic rings. The number of anilines is 1. The van der Waals surface area contributed by atoms with Gasteiger partial charge in [0, 0.05) is 5.69 Å². The highest BCUT2D eigenvalue weighted by molar-refractivity contribution is 9.10. The quantitative estimate of drug-likeness (QED) is 0.749. The number of nitrogens with one attached hydrogen (secondary N) is 1. The van der Waals surface area contributed by atoms with Crippen LogP contribution in [-0.4, -0.2) is 0 Å². The summed E-state index contributed by atoms with van der Waals surface area (Å²) in [5.74, 6) is 0.373. The van der Waals surface area contributed by atoms with Crippen LogP contribution in [0, 0.1) is 5.82 Å². The first-order valence-electron chi connectivity index (χ1n) is 6.95. The maximum atomic E-state index is 13.6. The zero-order chi connectivity index (χ0) is 14.1. The van der Waals surface area contributed by atoms with Crippen LogP contribution in [0.1, 0.15) is 42.9 Å². The van der Waals surface area contributed by atoms with Gasteiger partial charge in [-0.2, -0.15) is 0 Å². The Morgan fingerprint density at radius 3 is 2.60 bits per heavy atom. The number of rotatable bonds is 2. The van der Waals surface area contributed by atoms with Crippen LogP contribution in [0.2, 0.25) is 0 Å². The lowest BCUT2D eigenvalue weighted by atomic mass is 9.81. The van der Waals surface area contributed by atoms with E-state index in [0.29, 0.717) is 10.4 Å². The van der Waals surface area contributed by atoms with E-state index in [0.717, 1.165) is 18.5 Å². The molecule has 0 amide bonds. The molecule has 0 saturated carbocycles. The van der Waals surface area contributed by atoms with Crippen molar-refractivity contribution in [2.24, 2.45) is 0 Å². The summed E-state index contributed by atoms with van der Waals surface area (Å²) in [6.45, 7) is 2.27. The molecule has 2 aromatic carbocycles. The Morgan fingerprint density at radius 2 is 1.85 bits per heavy atom. The van der Waals surface area contributed by atoms with E-state index in [2.05, 4.69) is 52.4 Å². The predicted octanol–water partition coefficient (Wildman–Crippen LogP) is 5.64. The molecule has 0 fully saturated rings. The molecule has 0 bridgehead atoms. The number of hydrogen-bond donors (Lipinski definition) is 1. The highest BCUT2D eigenvalue weighted by Crippen LogP contribution is 2.38. The van der Waals surface area contributed by atoms with Crippen LogP contribution in [0.15, 0.2) is 46.9 Å². The van der Waals surface area contributed by atoms with Crippen molar-refractivity contribution in [1.29, 1.82) is 0 Å². The molecule has 20 heavy (non-hydrogen) atoms. The molecule has 0 radical (unpaired) electrons. The molecular weight excluding hydrogens is 317 g/mol. The van der Waals surface area contributed by atoms with Crippen molar-refractivity contribution >= 4 is 21.6 Å². The Morgan fingerprint density at radius 1 is 1.10 bits per heavy atom. The summed E-state index contributed by atoms with van der Waals surface area (Å²) in [5, 5.41) is 3.46. The minimum absolute atomic E-state index is 0.229. The van der Waals surface area contributed by atoms with Crippen LogP contribution in [0.4, 0.5) is 10.1 Å². The minimum atomic E-state index is -0.229. The van der Waals surface area contributed by atoms with Crippen LogP contribution in [-0.2, 0) is 0 Å². The molecule has 2 atom stereocenters. The van der Waals surface area contributed by atoms with Gasteiger partial charge in [-0.3, -0.25) is 0 Å². The van der Waals surface area contributed by atoms with Gasteiger partial charge in [-0.15, -0.1) is 0 Å². The molecule has 0 saturated heterocycles. The van der Waals surface area contributed by atoms with Crippen LogP contribution in [0.5, 0.6) is 0 Å². The van der Waals surface area contributed by atoms with Gasteiger partial charge in [0.05, 0.1) is 10.5 Å². The summed E-state index contributed by atoms with van der Waals surface area (Å²) < 4.78 is 14.1. The molecule has 0 aliphatic heterocycles. The third-order valence-corrected chi connectivity index (χ3v) is 4.69. The summed E-state index contributed by atoms with van der Waals surface area (Å²) in [6, 6.07) is 14.0. The Balaban J connectivity index is 1.88. The van der Waals surface area contributed by atoms with Crippen LogP contribution < -0.4 is 5.32 Å². The second-order valence-corrected chi connectivity index (χ2v) is 6.29. The monoisotopic (exact) mass is 333 g/mol. The van der Waals surface area contributed by atoms with Gasteiger partial charge in [-0.25, -0.2) is 4.39 Å². The number of halogens is 2. The second kappa shape index (κ2) is 5.57. The van der Waals surface area contributed by atoms with Gasteiger partial charge in [0.15, 0.2) is 0 Å². The van der Waals surface area contributed by atoms with E-state index in [-0.39, 0.29) is 11.9 Å². The SMILES string of the molecule is CC1CCC(Nc2ccc(Br)c(F)c2)c2ccccc21. The maximum Gasteiger partial charge on any atom is 0.139 e.